The number of nitrogens with zero attached hydrogens (tertiary/aromatic N) is 3. The summed E-state index contributed by atoms with van der Waals surface area (Å²) in [6.07, 6.45) is 7.19. The molecule has 0 saturated carbocycles. The number of halogens is 4. The Bertz CT molecular complexity index is 1020. The fourth-order valence-electron chi connectivity index (χ4n) is 2.61. The van der Waals surface area contributed by atoms with Gasteiger partial charge in [0.05, 0.1) is 11.9 Å². The predicted molar refractivity (Wildman–Crippen MR) is 111 cm³/mol. The average molecular weight is 436 g/mol. The molecule has 1 aliphatic heterocycles. The first kappa shape index (κ1) is 23.7. The van der Waals surface area contributed by atoms with Crippen molar-refractivity contribution in [1.82, 2.24) is 0 Å². The molecular formula is C21H20F4N4O2. The Hall–Kier alpha value is -3.61. The molecular weight excluding hydrogens is 416 g/mol. The summed E-state index contributed by atoms with van der Waals surface area (Å²) in [6, 6.07) is 2.74. The summed E-state index contributed by atoms with van der Waals surface area (Å²) in [7, 11) is 0. The van der Waals surface area contributed by atoms with Crippen LogP contribution in [-0.4, -0.2) is 37.6 Å². The maximum atomic E-state index is 14.5. The first-order chi connectivity index (χ1) is 14.5. The number of nitrogens with two attached hydrogens (primary N) is 1. The van der Waals surface area contributed by atoms with Gasteiger partial charge in [-0.2, -0.15) is 8.78 Å². The molecule has 10 heteroatoms. The minimum atomic E-state index is -3.55. The Morgan fingerprint density at radius 2 is 2.19 bits per heavy atom. The monoisotopic (exact) mass is 436 g/mol. The second-order valence-corrected chi connectivity index (χ2v) is 6.58. The highest BCUT2D eigenvalue weighted by Gasteiger charge is 2.56. The van der Waals surface area contributed by atoms with Crippen molar-refractivity contribution in [3.63, 3.8) is 0 Å². The summed E-state index contributed by atoms with van der Waals surface area (Å²) >= 11 is 0. The topological polar surface area (TPSA) is 81.6 Å². The first-order valence-electron chi connectivity index (χ1n) is 8.85. The van der Waals surface area contributed by atoms with Crippen molar-refractivity contribution in [1.29, 1.82) is 0 Å². The summed E-state index contributed by atoms with van der Waals surface area (Å²) in [4.78, 5) is 11.0. The smallest absolute Gasteiger partial charge is 0.310 e. The lowest BCUT2D eigenvalue weighted by molar-refractivity contribution is -0.117. The van der Waals surface area contributed by atoms with Gasteiger partial charge in [0.2, 0.25) is 5.88 Å². The molecule has 0 bridgehead atoms. The Kier molecular flexibility index (Phi) is 7.23. The number of hydrogen-bond donors (Lipinski definition) is 1. The van der Waals surface area contributed by atoms with Crippen LogP contribution in [-0.2, 0) is 15.0 Å². The fourth-order valence-corrected chi connectivity index (χ4v) is 2.61. The lowest BCUT2D eigenvalue weighted by Crippen LogP contribution is -2.51. The Morgan fingerprint density at radius 1 is 1.48 bits per heavy atom. The van der Waals surface area contributed by atoms with Crippen molar-refractivity contribution in [2.24, 2.45) is 20.7 Å². The van der Waals surface area contributed by atoms with Crippen LogP contribution in [0.5, 0.6) is 0 Å². The number of rotatable bonds is 7. The summed E-state index contributed by atoms with van der Waals surface area (Å²) in [5.41, 5.74) is 2.66. The minimum absolute atomic E-state index is 0.0145. The van der Waals surface area contributed by atoms with Gasteiger partial charge in [-0.3, -0.25) is 4.99 Å². The van der Waals surface area contributed by atoms with Crippen molar-refractivity contribution < 1.29 is 27.0 Å². The minimum Gasteiger partial charge on any atom is -0.463 e. The SMILES string of the molecule is C#CCO/C(=C/N=C(C)\C(F)=C\c1ccc(F)c([C@@]2(C)N=C(N)OCC2(F)F)c1)N=C. The van der Waals surface area contributed by atoms with E-state index < -0.39 is 41.3 Å². The van der Waals surface area contributed by atoms with E-state index in [2.05, 4.69) is 32.4 Å². The number of terminal acetylenes is 1. The molecule has 1 aromatic rings. The van der Waals surface area contributed by atoms with Crippen LogP contribution in [0.15, 0.2) is 51.1 Å². The zero-order valence-corrected chi connectivity index (χ0v) is 16.8. The molecule has 0 amide bonds. The number of ether oxygens (including phenoxy) is 2. The Labute approximate surface area is 176 Å². The molecule has 164 valence electrons. The lowest BCUT2D eigenvalue weighted by Gasteiger charge is -2.37. The number of hydrogen-bond acceptors (Lipinski definition) is 6. The molecule has 2 rings (SSSR count). The van der Waals surface area contributed by atoms with Gasteiger partial charge in [0, 0.05) is 5.56 Å². The van der Waals surface area contributed by atoms with Gasteiger partial charge in [0.25, 0.3) is 6.02 Å². The largest absolute Gasteiger partial charge is 0.463 e. The van der Waals surface area contributed by atoms with Crippen molar-refractivity contribution in [2.75, 3.05) is 13.2 Å². The third-order valence-corrected chi connectivity index (χ3v) is 4.43. The van der Waals surface area contributed by atoms with Crippen LogP contribution >= 0.6 is 0 Å². The Morgan fingerprint density at radius 3 is 2.84 bits per heavy atom. The summed E-state index contributed by atoms with van der Waals surface area (Å²) in [6.45, 7) is 4.53. The molecule has 2 N–H and O–H groups in total. The highest BCUT2D eigenvalue weighted by Crippen LogP contribution is 2.44. The van der Waals surface area contributed by atoms with Crippen LogP contribution in [0.25, 0.3) is 6.08 Å². The van der Waals surface area contributed by atoms with Crippen LogP contribution in [0.1, 0.15) is 25.0 Å². The molecule has 0 spiro atoms. The molecule has 1 aromatic carbocycles. The maximum Gasteiger partial charge on any atom is 0.310 e. The molecule has 1 atom stereocenters. The zero-order valence-electron chi connectivity index (χ0n) is 16.8. The van der Waals surface area contributed by atoms with Crippen molar-refractivity contribution in [3.05, 3.63) is 53.1 Å². The molecule has 0 radical (unpaired) electrons. The molecule has 0 fully saturated rings. The van der Waals surface area contributed by atoms with Crippen molar-refractivity contribution in [3.8, 4) is 12.3 Å². The number of allylic oxidation sites excluding steroid dienone is 1. The van der Waals surface area contributed by atoms with Crippen LogP contribution in [0.3, 0.4) is 0 Å². The third-order valence-electron chi connectivity index (χ3n) is 4.43. The molecule has 0 saturated heterocycles. The van der Waals surface area contributed by atoms with E-state index in [1.165, 1.54) is 13.0 Å². The van der Waals surface area contributed by atoms with Gasteiger partial charge < -0.3 is 15.2 Å². The van der Waals surface area contributed by atoms with Crippen LogP contribution < -0.4 is 5.73 Å². The van der Waals surface area contributed by atoms with Crippen LogP contribution in [0.2, 0.25) is 0 Å². The molecule has 0 unspecified atom stereocenters. The van der Waals surface area contributed by atoms with E-state index in [4.69, 9.17) is 16.9 Å². The summed E-state index contributed by atoms with van der Waals surface area (Å²) < 4.78 is 67.6. The van der Waals surface area contributed by atoms with E-state index in [1.54, 1.807) is 0 Å². The second-order valence-electron chi connectivity index (χ2n) is 6.58. The summed E-state index contributed by atoms with van der Waals surface area (Å²) in [5, 5.41) is 0. The summed E-state index contributed by atoms with van der Waals surface area (Å²) in [5.74, 6) is -3.08. The van der Waals surface area contributed by atoms with Gasteiger partial charge in [-0.05, 0) is 44.3 Å². The van der Waals surface area contributed by atoms with Gasteiger partial charge in [-0.15, -0.1) is 6.42 Å². The predicted octanol–water partition coefficient (Wildman–Crippen LogP) is 3.94. The molecule has 0 aromatic heterocycles. The average Bonchev–Trinajstić information content (AvgIpc) is 2.72. The van der Waals surface area contributed by atoms with Gasteiger partial charge >= 0.3 is 5.92 Å². The third kappa shape index (κ3) is 5.31. The van der Waals surface area contributed by atoms with Gasteiger partial charge in [0.1, 0.15) is 11.6 Å². The van der Waals surface area contributed by atoms with Crippen molar-refractivity contribution in [2.45, 2.75) is 25.3 Å². The lowest BCUT2D eigenvalue weighted by atomic mass is 9.84. The molecule has 1 heterocycles. The number of aliphatic imine (C=N–C) groups is 3. The van der Waals surface area contributed by atoms with Crippen LogP contribution in [0.4, 0.5) is 17.6 Å². The van der Waals surface area contributed by atoms with E-state index in [0.29, 0.717) is 0 Å². The Balaban J connectivity index is 2.41. The van der Waals surface area contributed by atoms with Crippen molar-refractivity contribution >= 4 is 24.5 Å². The van der Waals surface area contributed by atoms with E-state index in [1.807, 2.05) is 0 Å². The normalized spacial score (nSPS) is 21.6. The van der Waals surface area contributed by atoms with Gasteiger partial charge in [-0.25, -0.2) is 18.8 Å². The number of amidine groups is 1. The molecule has 6 nitrogen and oxygen atoms in total. The van der Waals surface area contributed by atoms with E-state index in [9.17, 15) is 17.6 Å². The zero-order chi connectivity index (χ0) is 23.2. The van der Waals surface area contributed by atoms with E-state index >= 15 is 0 Å². The number of alkyl halides is 2. The standard InChI is InChI=1S/C21H20F4N4O2/c1-5-8-30-18(27-4)11-28-13(2)17(23)10-14-6-7-16(22)15(9-14)20(3)21(24,25)12-31-19(26)29-20/h1,6-7,9-11H,4,8,12H2,2-3H3,(H2,26,29)/b17-10-,18-11+,28-13-/t20-/m1/s1. The molecule has 31 heavy (non-hydrogen) atoms. The fraction of sp³-hybridized carbons (Fsp3) is 0.286. The second kappa shape index (κ2) is 9.47. The molecule has 1 aliphatic rings. The molecule has 0 aliphatic carbocycles. The van der Waals surface area contributed by atoms with Gasteiger partial charge in [-0.1, -0.05) is 12.0 Å². The highest BCUT2D eigenvalue weighted by molar-refractivity contribution is 6.00. The quantitative estimate of drug-likeness (QED) is 0.304. The van der Waals surface area contributed by atoms with Gasteiger partial charge in [0.15, 0.2) is 18.8 Å². The van der Waals surface area contributed by atoms with E-state index in [-0.39, 0.29) is 23.8 Å². The van der Waals surface area contributed by atoms with E-state index in [0.717, 1.165) is 31.3 Å². The maximum absolute atomic E-state index is 14.5. The highest BCUT2D eigenvalue weighted by atomic mass is 19.3. The van der Waals surface area contributed by atoms with Crippen LogP contribution in [0, 0.1) is 18.2 Å². The number of benzene rings is 1. The first-order valence-corrected chi connectivity index (χ1v) is 8.85.